The Morgan fingerprint density at radius 3 is 2.38 bits per heavy atom. The number of para-hydroxylation sites is 2. The highest BCUT2D eigenvalue weighted by atomic mass is 35.5. The Morgan fingerprint density at radius 2 is 1.74 bits per heavy atom. The summed E-state index contributed by atoms with van der Waals surface area (Å²) in [5.41, 5.74) is 3.45. The molecule has 1 N–H and O–H groups in total. The highest BCUT2D eigenvalue weighted by Gasteiger charge is 2.30. The van der Waals surface area contributed by atoms with Crippen molar-refractivity contribution in [2.75, 3.05) is 17.5 Å². The second-order valence-corrected chi connectivity index (χ2v) is 10.3. The number of aryl methyl sites for hydroxylation is 2. The van der Waals surface area contributed by atoms with Gasteiger partial charge in [-0.1, -0.05) is 47.5 Å². The molecule has 6 nitrogen and oxygen atoms in total. The van der Waals surface area contributed by atoms with E-state index in [2.05, 4.69) is 5.32 Å². The number of amides is 1. The summed E-state index contributed by atoms with van der Waals surface area (Å²) in [4.78, 5) is 13.1. The van der Waals surface area contributed by atoms with Gasteiger partial charge < -0.3 is 10.1 Å². The molecule has 0 saturated carbocycles. The number of sulfonamides is 1. The fourth-order valence-corrected chi connectivity index (χ4v) is 5.34. The average Bonchev–Trinajstić information content (AvgIpc) is 2.78. The van der Waals surface area contributed by atoms with Crippen molar-refractivity contribution in [3.8, 4) is 5.75 Å². The number of nitrogens with zero attached hydrogens (tertiary/aromatic N) is 1. The van der Waals surface area contributed by atoms with E-state index in [-0.39, 0.29) is 16.6 Å². The van der Waals surface area contributed by atoms with Gasteiger partial charge in [-0.15, -0.1) is 0 Å². The molecule has 8 heteroatoms. The third kappa shape index (κ3) is 5.90. The Labute approximate surface area is 206 Å². The van der Waals surface area contributed by atoms with Gasteiger partial charge in [0.25, 0.3) is 10.0 Å². The zero-order valence-electron chi connectivity index (χ0n) is 19.7. The fourth-order valence-electron chi connectivity index (χ4n) is 3.78. The SMILES string of the molecule is CCOc1ccccc1N(CC(=O)N[C@@H](C)c1ccc(C)cc1C)S(=O)(=O)c1ccc(Cl)cc1. The van der Waals surface area contributed by atoms with Gasteiger partial charge in [-0.05, 0) is 75.2 Å². The Hall–Kier alpha value is -3.03. The normalized spacial score (nSPS) is 12.1. The first-order valence-corrected chi connectivity index (χ1v) is 12.8. The number of carbonyl (C=O) groups excluding carboxylic acids is 1. The van der Waals surface area contributed by atoms with Gasteiger partial charge in [0.15, 0.2) is 0 Å². The molecule has 0 spiro atoms. The van der Waals surface area contributed by atoms with E-state index >= 15 is 0 Å². The summed E-state index contributed by atoms with van der Waals surface area (Å²) >= 11 is 5.95. The molecule has 3 rings (SSSR count). The number of ether oxygens (including phenoxy) is 1. The minimum absolute atomic E-state index is 0.0263. The molecule has 0 radical (unpaired) electrons. The number of hydrogen-bond acceptors (Lipinski definition) is 4. The van der Waals surface area contributed by atoms with Crippen molar-refractivity contribution < 1.29 is 17.9 Å². The van der Waals surface area contributed by atoms with E-state index in [9.17, 15) is 13.2 Å². The van der Waals surface area contributed by atoms with Crippen molar-refractivity contribution in [1.29, 1.82) is 0 Å². The molecule has 0 unspecified atom stereocenters. The van der Waals surface area contributed by atoms with Gasteiger partial charge in [-0.3, -0.25) is 9.10 Å². The van der Waals surface area contributed by atoms with E-state index in [4.69, 9.17) is 16.3 Å². The Bertz CT molecular complexity index is 1260. The molecular formula is C26H29ClN2O4S. The van der Waals surface area contributed by atoms with E-state index < -0.39 is 22.5 Å². The molecule has 0 aliphatic rings. The Morgan fingerprint density at radius 1 is 1.06 bits per heavy atom. The van der Waals surface area contributed by atoms with Crippen LogP contribution in [0.2, 0.25) is 5.02 Å². The van der Waals surface area contributed by atoms with Crippen LogP contribution >= 0.6 is 11.6 Å². The number of carbonyl (C=O) groups is 1. The van der Waals surface area contributed by atoms with Gasteiger partial charge in [-0.2, -0.15) is 0 Å². The van der Waals surface area contributed by atoms with E-state index in [1.54, 1.807) is 24.3 Å². The minimum atomic E-state index is -4.09. The molecule has 0 aliphatic heterocycles. The van der Waals surface area contributed by atoms with E-state index in [0.29, 0.717) is 17.4 Å². The Kier molecular flexibility index (Phi) is 8.23. The number of nitrogens with one attached hydrogen (secondary N) is 1. The number of halogens is 1. The summed E-state index contributed by atoms with van der Waals surface area (Å²) in [6.45, 7) is 7.62. The van der Waals surface area contributed by atoms with Crippen LogP contribution in [0.1, 0.15) is 36.6 Å². The van der Waals surface area contributed by atoms with E-state index in [1.165, 1.54) is 24.3 Å². The van der Waals surface area contributed by atoms with Crippen LogP contribution in [0.4, 0.5) is 5.69 Å². The van der Waals surface area contributed by atoms with Crippen LogP contribution in [-0.4, -0.2) is 27.5 Å². The lowest BCUT2D eigenvalue weighted by Gasteiger charge is -2.27. The summed E-state index contributed by atoms with van der Waals surface area (Å²) in [6, 6.07) is 18.3. The van der Waals surface area contributed by atoms with Crippen molar-refractivity contribution in [1.82, 2.24) is 5.32 Å². The van der Waals surface area contributed by atoms with Gasteiger partial charge in [0, 0.05) is 5.02 Å². The number of hydrogen-bond donors (Lipinski definition) is 1. The summed E-state index contributed by atoms with van der Waals surface area (Å²) in [7, 11) is -4.09. The van der Waals surface area contributed by atoms with Crippen molar-refractivity contribution in [2.24, 2.45) is 0 Å². The maximum atomic E-state index is 13.6. The summed E-state index contributed by atoms with van der Waals surface area (Å²) in [5, 5.41) is 3.35. The van der Waals surface area contributed by atoms with Crippen LogP contribution in [-0.2, 0) is 14.8 Å². The molecule has 180 valence electrons. The lowest BCUT2D eigenvalue weighted by molar-refractivity contribution is -0.120. The van der Waals surface area contributed by atoms with Crippen molar-refractivity contribution in [3.05, 3.63) is 88.4 Å². The highest BCUT2D eigenvalue weighted by molar-refractivity contribution is 7.92. The maximum absolute atomic E-state index is 13.6. The summed E-state index contributed by atoms with van der Waals surface area (Å²) < 4.78 is 34.0. The smallest absolute Gasteiger partial charge is 0.264 e. The molecule has 0 bridgehead atoms. The monoisotopic (exact) mass is 500 g/mol. The zero-order chi connectivity index (χ0) is 24.9. The zero-order valence-corrected chi connectivity index (χ0v) is 21.3. The van der Waals surface area contributed by atoms with Gasteiger partial charge in [0.05, 0.1) is 23.2 Å². The predicted octanol–water partition coefficient (Wildman–Crippen LogP) is 5.43. The molecule has 0 fully saturated rings. The van der Waals surface area contributed by atoms with Crippen LogP contribution in [0.5, 0.6) is 5.75 Å². The molecule has 34 heavy (non-hydrogen) atoms. The standard InChI is InChI=1S/C26H29ClN2O4S/c1-5-33-25-9-7-6-8-24(25)29(34(31,32)22-13-11-21(27)12-14-22)17-26(30)28-20(4)23-15-10-18(2)16-19(23)3/h6-16,20H,5,17H2,1-4H3,(H,28,30)/t20-/m0/s1. The van der Waals surface area contributed by atoms with Crippen molar-refractivity contribution in [2.45, 2.75) is 38.6 Å². The molecule has 0 aromatic heterocycles. The molecule has 0 aliphatic carbocycles. The topological polar surface area (TPSA) is 75.7 Å². The average molecular weight is 501 g/mol. The van der Waals surface area contributed by atoms with Gasteiger partial charge in [0.1, 0.15) is 12.3 Å². The third-order valence-electron chi connectivity index (χ3n) is 5.39. The quantitative estimate of drug-likeness (QED) is 0.425. The lowest BCUT2D eigenvalue weighted by Crippen LogP contribution is -2.41. The molecular weight excluding hydrogens is 472 g/mol. The number of benzene rings is 3. The first-order valence-electron chi connectivity index (χ1n) is 11.0. The van der Waals surface area contributed by atoms with Crippen LogP contribution in [0.25, 0.3) is 0 Å². The van der Waals surface area contributed by atoms with E-state index in [0.717, 1.165) is 21.0 Å². The third-order valence-corrected chi connectivity index (χ3v) is 7.42. The summed E-state index contributed by atoms with van der Waals surface area (Å²) in [6.07, 6.45) is 0. The largest absolute Gasteiger partial charge is 0.492 e. The summed E-state index contributed by atoms with van der Waals surface area (Å²) in [5.74, 6) is -0.0610. The van der Waals surface area contributed by atoms with Crippen LogP contribution in [0.15, 0.2) is 71.6 Å². The second-order valence-electron chi connectivity index (χ2n) is 8.02. The second kappa shape index (κ2) is 10.9. The van der Waals surface area contributed by atoms with E-state index in [1.807, 2.05) is 45.9 Å². The van der Waals surface area contributed by atoms with Crippen LogP contribution < -0.4 is 14.4 Å². The van der Waals surface area contributed by atoms with Crippen LogP contribution in [0, 0.1) is 13.8 Å². The van der Waals surface area contributed by atoms with Gasteiger partial charge in [-0.25, -0.2) is 8.42 Å². The lowest BCUT2D eigenvalue weighted by atomic mass is 10.0. The molecule has 3 aromatic rings. The van der Waals surface area contributed by atoms with Gasteiger partial charge in [0.2, 0.25) is 5.91 Å². The van der Waals surface area contributed by atoms with Crippen molar-refractivity contribution in [3.63, 3.8) is 0 Å². The predicted molar refractivity (Wildman–Crippen MR) is 136 cm³/mol. The Balaban J connectivity index is 1.95. The fraction of sp³-hybridized carbons (Fsp3) is 0.269. The molecule has 1 amide bonds. The number of anilines is 1. The first kappa shape index (κ1) is 25.6. The van der Waals surface area contributed by atoms with Crippen molar-refractivity contribution >= 4 is 33.2 Å². The minimum Gasteiger partial charge on any atom is -0.492 e. The molecule has 1 atom stereocenters. The number of rotatable bonds is 9. The molecule has 0 heterocycles. The molecule has 3 aromatic carbocycles. The van der Waals surface area contributed by atoms with Gasteiger partial charge >= 0.3 is 0 Å². The molecule has 0 saturated heterocycles. The maximum Gasteiger partial charge on any atom is 0.264 e. The highest BCUT2D eigenvalue weighted by Crippen LogP contribution is 2.33. The van der Waals surface area contributed by atoms with Crippen LogP contribution in [0.3, 0.4) is 0 Å². The first-order chi connectivity index (χ1) is 16.1.